The summed E-state index contributed by atoms with van der Waals surface area (Å²) in [6.45, 7) is 1.75. The lowest BCUT2D eigenvalue weighted by molar-refractivity contribution is 0.141. The lowest BCUT2D eigenvalue weighted by atomic mass is 9.68. The number of halogens is 1. The van der Waals surface area contributed by atoms with Crippen molar-refractivity contribution in [3.8, 4) is 11.1 Å². The Bertz CT molecular complexity index is 831. The Morgan fingerprint density at radius 3 is 1.64 bits per heavy atom. The Kier molecular flexibility index (Phi) is 9.21. The standard InChI is InChI=1S/C32H43F/c1-2-3-4-5-25-8-16-29(17-9-25)30-18-10-26(11-19-30)6-7-27-12-20-31(21-13-27)32-22-14-28(24-33)15-23-32/h2-3,12-15,20-23,25-26,29-30H,4-11,16-19,24H2,1H3. The average Bonchev–Trinajstić information content (AvgIpc) is 2.89. The van der Waals surface area contributed by atoms with Gasteiger partial charge < -0.3 is 0 Å². The van der Waals surface area contributed by atoms with Crippen molar-refractivity contribution in [1.82, 2.24) is 0 Å². The molecule has 0 atom stereocenters. The van der Waals surface area contributed by atoms with E-state index >= 15 is 0 Å². The van der Waals surface area contributed by atoms with Crippen molar-refractivity contribution in [1.29, 1.82) is 0 Å². The molecule has 0 amide bonds. The monoisotopic (exact) mass is 446 g/mol. The molecule has 1 heteroatoms. The molecule has 2 aliphatic rings. The summed E-state index contributed by atoms with van der Waals surface area (Å²) in [5, 5.41) is 0. The summed E-state index contributed by atoms with van der Waals surface area (Å²) in [5.74, 6) is 3.96. The smallest absolute Gasteiger partial charge is 0.115 e. The number of hydrogen-bond donors (Lipinski definition) is 0. The number of alkyl halides is 1. The topological polar surface area (TPSA) is 0 Å². The molecule has 0 saturated heterocycles. The Morgan fingerprint density at radius 1 is 0.667 bits per heavy atom. The van der Waals surface area contributed by atoms with E-state index in [1.54, 1.807) is 0 Å². The molecule has 0 nitrogen and oxygen atoms in total. The Balaban J connectivity index is 1.16. The molecule has 0 radical (unpaired) electrons. The fraction of sp³-hybridized carbons (Fsp3) is 0.562. The van der Waals surface area contributed by atoms with Gasteiger partial charge in [0, 0.05) is 0 Å². The minimum absolute atomic E-state index is 0.390. The van der Waals surface area contributed by atoms with E-state index in [1.165, 1.54) is 93.7 Å². The van der Waals surface area contributed by atoms with Gasteiger partial charge in [-0.25, -0.2) is 4.39 Å². The van der Waals surface area contributed by atoms with E-state index in [4.69, 9.17) is 0 Å². The minimum Gasteiger partial charge on any atom is -0.246 e. The zero-order valence-electron chi connectivity index (χ0n) is 20.7. The summed E-state index contributed by atoms with van der Waals surface area (Å²) in [7, 11) is 0. The predicted molar refractivity (Wildman–Crippen MR) is 140 cm³/mol. The Morgan fingerprint density at radius 2 is 1.15 bits per heavy atom. The Hall–Kier alpha value is -1.89. The molecule has 2 aliphatic carbocycles. The van der Waals surface area contributed by atoms with Crippen molar-refractivity contribution < 1.29 is 4.39 Å². The SMILES string of the molecule is CC=CCCC1CCC(C2CCC(CCc3ccc(-c4ccc(CF)cc4)cc3)CC2)CC1. The highest BCUT2D eigenvalue weighted by molar-refractivity contribution is 5.63. The molecular weight excluding hydrogens is 403 g/mol. The normalized spacial score (nSPS) is 26.0. The first-order valence-electron chi connectivity index (χ1n) is 13.6. The summed E-state index contributed by atoms with van der Waals surface area (Å²) in [5.41, 5.74) is 4.60. The van der Waals surface area contributed by atoms with Crippen LogP contribution in [0.4, 0.5) is 4.39 Å². The maximum Gasteiger partial charge on any atom is 0.115 e. The van der Waals surface area contributed by atoms with Gasteiger partial charge >= 0.3 is 0 Å². The number of rotatable bonds is 9. The second-order valence-corrected chi connectivity index (χ2v) is 10.8. The summed E-state index contributed by atoms with van der Waals surface area (Å²) in [6, 6.07) is 16.9. The number of benzene rings is 2. The molecule has 2 aromatic carbocycles. The van der Waals surface area contributed by atoms with Crippen LogP contribution in [-0.2, 0) is 13.1 Å². The summed E-state index contributed by atoms with van der Waals surface area (Å²) < 4.78 is 12.7. The van der Waals surface area contributed by atoms with E-state index in [9.17, 15) is 4.39 Å². The molecule has 0 bridgehead atoms. The highest BCUT2D eigenvalue weighted by Crippen LogP contribution is 2.43. The maximum atomic E-state index is 12.7. The second kappa shape index (κ2) is 12.5. The van der Waals surface area contributed by atoms with Gasteiger partial charge in [0.25, 0.3) is 0 Å². The van der Waals surface area contributed by atoms with Crippen LogP contribution in [0.2, 0.25) is 0 Å². The van der Waals surface area contributed by atoms with E-state index in [0.29, 0.717) is 0 Å². The van der Waals surface area contributed by atoms with Crippen LogP contribution in [0, 0.1) is 23.7 Å². The third kappa shape index (κ3) is 7.05. The van der Waals surface area contributed by atoms with E-state index in [0.717, 1.165) is 29.2 Å². The minimum atomic E-state index is -0.390. The van der Waals surface area contributed by atoms with Crippen molar-refractivity contribution in [2.45, 2.75) is 90.6 Å². The second-order valence-electron chi connectivity index (χ2n) is 10.8. The van der Waals surface area contributed by atoms with Crippen molar-refractivity contribution >= 4 is 0 Å². The maximum absolute atomic E-state index is 12.7. The highest BCUT2D eigenvalue weighted by Gasteiger charge is 2.30. The average molecular weight is 447 g/mol. The van der Waals surface area contributed by atoms with E-state index in [-0.39, 0.29) is 6.67 Å². The molecule has 0 N–H and O–H groups in total. The molecule has 0 heterocycles. The third-order valence-corrected chi connectivity index (χ3v) is 8.66. The van der Waals surface area contributed by atoms with E-state index in [2.05, 4.69) is 43.3 Å². The summed E-state index contributed by atoms with van der Waals surface area (Å²) in [6.07, 6.45) is 21.6. The first-order chi connectivity index (χ1) is 16.2. The summed E-state index contributed by atoms with van der Waals surface area (Å²) >= 11 is 0. The molecule has 0 aromatic heterocycles. The van der Waals surface area contributed by atoms with Gasteiger partial charge in [0.2, 0.25) is 0 Å². The zero-order chi connectivity index (χ0) is 22.9. The molecular formula is C32H43F. The number of aryl methyl sites for hydroxylation is 1. The molecule has 2 saturated carbocycles. The van der Waals surface area contributed by atoms with Gasteiger partial charge in [-0.1, -0.05) is 86.4 Å². The lowest BCUT2D eigenvalue weighted by Gasteiger charge is -2.38. The van der Waals surface area contributed by atoms with Gasteiger partial charge in [-0.2, -0.15) is 0 Å². The van der Waals surface area contributed by atoms with Gasteiger partial charge in [-0.05, 0) is 104 Å². The van der Waals surface area contributed by atoms with Crippen LogP contribution >= 0.6 is 0 Å². The van der Waals surface area contributed by atoms with Gasteiger partial charge in [0.15, 0.2) is 0 Å². The highest BCUT2D eigenvalue weighted by atomic mass is 19.1. The molecule has 33 heavy (non-hydrogen) atoms. The molecule has 4 rings (SSSR count). The van der Waals surface area contributed by atoms with Crippen molar-refractivity contribution in [3.63, 3.8) is 0 Å². The number of hydrogen-bond acceptors (Lipinski definition) is 0. The summed E-state index contributed by atoms with van der Waals surface area (Å²) in [4.78, 5) is 0. The molecule has 0 spiro atoms. The van der Waals surface area contributed by atoms with Gasteiger partial charge in [-0.15, -0.1) is 0 Å². The third-order valence-electron chi connectivity index (χ3n) is 8.66. The van der Waals surface area contributed by atoms with Crippen LogP contribution in [0.3, 0.4) is 0 Å². The number of allylic oxidation sites excluding steroid dienone is 2. The van der Waals surface area contributed by atoms with Gasteiger partial charge in [0.1, 0.15) is 6.67 Å². The molecule has 0 unspecified atom stereocenters. The lowest BCUT2D eigenvalue weighted by Crippen LogP contribution is -2.26. The first-order valence-corrected chi connectivity index (χ1v) is 13.6. The van der Waals surface area contributed by atoms with Gasteiger partial charge in [0.05, 0.1) is 0 Å². The quantitative estimate of drug-likeness (QED) is 0.336. The molecule has 0 aliphatic heterocycles. The molecule has 2 aromatic rings. The fourth-order valence-electron chi connectivity index (χ4n) is 6.42. The van der Waals surface area contributed by atoms with Gasteiger partial charge in [-0.3, -0.25) is 0 Å². The van der Waals surface area contributed by atoms with Crippen LogP contribution in [0.1, 0.15) is 88.7 Å². The molecule has 2 fully saturated rings. The largest absolute Gasteiger partial charge is 0.246 e. The molecule has 178 valence electrons. The van der Waals surface area contributed by atoms with Crippen molar-refractivity contribution in [2.24, 2.45) is 23.7 Å². The fourth-order valence-corrected chi connectivity index (χ4v) is 6.42. The van der Waals surface area contributed by atoms with Crippen LogP contribution in [0.25, 0.3) is 11.1 Å². The van der Waals surface area contributed by atoms with Crippen molar-refractivity contribution in [2.75, 3.05) is 0 Å². The van der Waals surface area contributed by atoms with Crippen molar-refractivity contribution in [3.05, 3.63) is 71.8 Å². The van der Waals surface area contributed by atoms with Crippen LogP contribution in [0.5, 0.6) is 0 Å². The van der Waals surface area contributed by atoms with Crippen LogP contribution in [-0.4, -0.2) is 0 Å². The first kappa shape index (κ1) is 24.2. The van der Waals surface area contributed by atoms with E-state index < -0.39 is 0 Å². The zero-order valence-corrected chi connectivity index (χ0v) is 20.7. The van der Waals surface area contributed by atoms with E-state index in [1.807, 2.05) is 24.3 Å². The van der Waals surface area contributed by atoms with Crippen LogP contribution in [0.15, 0.2) is 60.7 Å². The van der Waals surface area contributed by atoms with Crippen LogP contribution < -0.4 is 0 Å². The Labute approximate surface area is 201 Å². The predicted octanol–water partition coefficient (Wildman–Crippen LogP) is 9.72.